The predicted octanol–water partition coefficient (Wildman–Crippen LogP) is 3.24. The molecule has 3 amide bonds. The second-order valence-corrected chi connectivity index (χ2v) is 13.7. The molecule has 2 N–H and O–H groups in total. The van der Waals surface area contributed by atoms with Gasteiger partial charge < -0.3 is 24.8 Å². The molecular weight excluding hydrogens is 578 g/mol. The quantitative estimate of drug-likeness (QED) is 0.164. The number of nitrogens with one attached hydrogen (secondary N) is 2. The van der Waals surface area contributed by atoms with E-state index in [0.29, 0.717) is 11.1 Å². The van der Waals surface area contributed by atoms with Crippen LogP contribution in [0, 0.1) is 0 Å². The maximum atomic E-state index is 13.6. The number of carbonyl (C=O) groups excluding carboxylic acids is 5. The van der Waals surface area contributed by atoms with Crippen molar-refractivity contribution in [2.75, 3.05) is 12.4 Å². The third kappa shape index (κ3) is 10.2. The lowest BCUT2D eigenvalue weighted by Crippen LogP contribution is -2.73. The molecule has 0 aromatic heterocycles. The van der Waals surface area contributed by atoms with Crippen LogP contribution >= 0.6 is 0 Å². The van der Waals surface area contributed by atoms with Crippen molar-refractivity contribution in [3.05, 3.63) is 47.2 Å². The first kappa shape index (κ1) is 35.5. The lowest BCUT2D eigenvalue weighted by atomic mass is 10.0. The number of benzene rings is 1. The van der Waals surface area contributed by atoms with E-state index in [1.807, 2.05) is 0 Å². The van der Waals surface area contributed by atoms with Crippen molar-refractivity contribution in [1.29, 1.82) is 0 Å². The van der Waals surface area contributed by atoms with E-state index in [9.17, 15) is 28.2 Å². The fourth-order valence-corrected chi connectivity index (χ4v) is 5.66. The van der Waals surface area contributed by atoms with Crippen LogP contribution in [-0.2, 0) is 44.2 Å². The van der Waals surface area contributed by atoms with Gasteiger partial charge in [0, 0.05) is 16.6 Å². The van der Waals surface area contributed by atoms with Gasteiger partial charge in [0.1, 0.15) is 34.4 Å². The highest BCUT2D eigenvalue weighted by atomic mass is 32.2. The first-order valence-corrected chi connectivity index (χ1v) is 15.4. The van der Waals surface area contributed by atoms with Gasteiger partial charge in [-0.25, -0.2) is 9.59 Å². The van der Waals surface area contributed by atoms with Gasteiger partial charge in [-0.15, -0.1) is 0 Å². The zero-order valence-corrected chi connectivity index (χ0v) is 27.1. The molecule has 0 aliphatic carbocycles. The fourth-order valence-electron chi connectivity index (χ4n) is 4.12. The molecule has 1 aromatic rings. The number of allylic oxidation sites excluding steroid dienone is 1. The van der Waals surface area contributed by atoms with Gasteiger partial charge in [-0.2, -0.15) is 0 Å². The van der Waals surface area contributed by atoms with Crippen molar-refractivity contribution in [3.8, 4) is 0 Å². The number of hydrogen-bond donors (Lipinski definition) is 2. The van der Waals surface area contributed by atoms with E-state index in [0.717, 1.165) is 4.90 Å². The number of amides is 3. The van der Waals surface area contributed by atoms with Gasteiger partial charge in [0.05, 0.1) is 13.0 Å². The minimum atomic E-state index is -1.92. The Balaban J connectivity index is 2.44. The number of rotatable bonds is 11. The summed E-state index contributed by atoms with van der Waals surface area (Å²) in [7, 11) is -1.92. The van der Waals surface area contributed by atoms with Crippen LogP contribution in [0.5, 0.6) is 0 Å². The van der Waals surface area contributed by atoms with Crippen molar-refractivity contribution >= 4 is 40.6 Å². The molecule has 2 rings (SSSR count). The molecule has 1 heterocycles. The smallest absolute Gasteiger partial charge is 0.408 e. The number of carbonyl (C=O) groups is 5. The summed E-state index contributed by atoms with van der Waals surface area (Å²) >= 11 is 0. The van der Waals surface area contributed by atoms with E-state index < -0.39 is 69.3 Å². The Labute approximate surface area is 255 Å². The number of hydrogen-bond acceptors (Lipinski definition) is 9. The largest absolute Gasteiger partial charge is 0.466 e. The third-order valence-corrected chi connectivity index (χ3v) is 7.41. The predicted molar refractivity (Wildman–Crippen MR) is 160 cm³/mol. The zero-order valence-electron chi connectivity index (χ0n) is 26.3. The molecule has 0 saturated carbocycles. The molecule has 0 radical (unpaired) electrons. The molecule has 4 unspecified atom stereocenters. The standard InChI is InChI=1S/C30H43N3O9S/c1-10-40-20(34)16-17-43(39)26-22(25(36)33(26)23(18(2)3)27(37)41-29(4,5)6)31-24(35)21(19-14-12-11-13-15-19)32-28(38)42-30(7,8)9/h11-15,21-22,26H,10,16-17H2,1-9H3,(H,31,35)(H,32,38). The molecule has 1 aromatic carbocycles. The van der Waals surface area contributed by atoms with E-state index in [1.165, 1.54) is 0 Å². The number of ether oxygens (including phenoxy) is 3. The third-order valence-electron chi connectivity index (χ3n) is 5.79. The summed E-state index contributed by atoms with van der Waals surface area (Å²) < 4.78 is 29.4. The first-order chi connectivity index (χ1) is 19.9. The number of alkyl carbamates (subject to hydrolysis) is 1. The fraction of sp³-hybridized carbons (Fsp3) is 0.567. The Hall–Kier alpha value is -3.74. The topological polar surface area (TPSA) is 157 Å². The summed E-state index contributed by atoms with van der Waals surface area (Å²) in [5.41, 5.74) is -0.989. The number of likely N-dealkylation sites (tertiary alicyclic amines) is 1. The summed E-state index contributed by atoms with van der Waals surface area (Å²) in [6.45, 7) is 15.0. The molecule has 1 aliphatic heterocycles. The van der Waals surface area contributed by atoms with Crippen molar-refractivity contribution in [3.63, 3.8) is 0 Å². The SMILES string of the molecule is CCOC(=O)CCS(=O)C1C(NC(=O)C(NC(=O)OC(C)(C)C)c2ccccc2)C(=O)N1C(C(=O)OC(C)(C)C)=C(C)C. The molecular formula is C30H43N3O9S. The highest BCUT2D eigenvalue weighted by molar-refractivity contribution is 7.85. The normalized spacial score (nSPS) is 18.0. The van der Waals surface area contributed by atoms with Gasteiger partial charge in [0.15, 0.2) is 0 Å². The van der Waals surface area contributed by atoms with Crippen LogP contribution in [0.1, 0.15) is 80.3 Å². The second kappa shape index (κ2) is 14.6. The monoisotopic (exact) mass is 621 g/mol. The molecule has 0 spiro atoms. The van der Waals surface area contributed by atoms with Crippen molar-refractivity contribution in [2.24, 2.45) is 0 Å². The lowest BCUT2D eigenvalue weighted by Gasteiger charge is -2.47. The number of esters is 2. The van der Waals surface area contributed by atoms with E-state index in [1.54, 1.807) is 92.6 Å². The molecule has 13 heteroatoms. The van der Waals surface area contributed by atoms with E-state index in [4.69, 9.17) is 14.2 Å². The Kier molecular flexibility index (Phi) is 12.1. The lowest BCUT2D eigenvalue weighted by molar-refractivity contribution is -0.159. The summed E-state index contributed by atoms with van der Waals surface area (Å²) in [6.07, 6.45) is -1.06. The van der Waals surface area contributed by atoms with E-state index in [2.05, 4.69) is 10.6 Å². The van der Waals surface area contributed by atoms with Crippen molar-refractivity contribution in [2.45, 2.75) is 97.4 Å². The zero-order chi connectivity index (χ0) is 32.7. The van der Waals surface area contributed by atoms with E-state index in [-0.39, 0.29) is 24.5 Å². The Morgan fingerprint density at radius 2 is 1.56 bits per heavy atom. The molecule has 12 nitrogen and oxygen atoms in total. The maximum absolute atomic E-state index is 13.6. The molecule has 238 valence electrons. The second-order valence-electron chi connectivity index (χ2n) is 12.1. The van der Waals surface area contributed by atoms with Crippen LogP contribution in [0.25, 0.3) is 0 Å². The van der Waals surface area contributed by atoms with Gasteiger partial charge in [-0.1, -0.05) is 30.3 Å². The minimum Gasteiger partial charge on any atom is -0.466 e. The summed E-state index contributed by atoms with van der Waals surface area (Å²) in [5.74, 6) is -3.03. The van der Waals surface area contributed by atoms with Crippen molar-refractivity contribution in [1.82, 2.24) is 15.5 Å². The van der Waals surface area contributed by atoms with Crippen LogP contribution in [-0.4, -0.2) is 73.9 Å². The van der Waals surface area contributed by atoms with Crippen LogP contribution < -0.4 is 10.6 Å². The molecule has 1 fully saturated rings. The van der Waals surface area contributed by atoms with Gasteiger partial charge >= 0.3 is 18.0 Å². The van der Waals surface area contributed by atoms with Gasteiger partial charge in [0.2, 0.25) is 5.91 Å². The molecule has 1 saturated heterocycles. The van der Waals surface area contributed by atoms with E-state index >= 15 is 0 Å². The average Bonchev–Trinajstić information content (AvgIpc) is 2.87. The van der Waals surface area contributed by atoms with Crippen LogP contribution in [0.2, 0.25) is 0 Å². The molecule has 0 bridgehead atoms. The van der Waals surface area contributed by atoms with Crippen LogP contribution in [0.3, 0.4) is 0 Å². The number of β-lactam (4-membered cyclic amide) rings is 1. The van der Waals surface area contributed by atoms with Crippen LogP contribution in [0.15, 0.2) is 41.6 Å². The summed E-state index contributed by atoms with van der Waals surface area (Å²) in [6, 6.07) is 5.74. The molecule has 4 atom stereocenters. The Morgan fingerprint density at radius 1 is 0.977 bits per heavy atom. The maximum Gasteiger partial charge on any atom is 0.408 e. The highest BCUT2D eigenvalue weighted by Crippen LogP contribution is 2.32. The summed E-state index contributed by atoms with van der Waals surface area (Å²) in [4.78, 5) is 66.0. The van der Waals surface area contributed by atoms with Gasteiger partial charge in [-0.05, 0) is 73.5 Å². The summed E-state index contributed by atoms with van der Waals surface area (Å²) in [5, 5.41) is 3.93. The Morgan fingerprint density at radius 3 is 2.07 bits per heavy atom. The molecule has 1 aliphatic rings. The Bertz CT molecular complexity index is 1260. The average molecular weight is 622 g/mol. The van der Waals surface area contributed by atoms with Gasteiger partial charge in [-0.3, -0.25) is 23.5 Å². The first-order valence-electron chi connectivity index (χ1n) is 14.0. The minimum absolute atomic E-state index is 0.105. The highest BCUT2D eigenvalue weighted by Gasteiger charge is 2.55. The molecule has 43 heavy (non-hydrogen) atoms. The number of nitrogens with zero attached hydrogens (tertiary/aromatic N) is 1. The van der Waals surface area contributed by atoms with Crippen molar-refractivity contribution < 1.29 is 42.4 Å². The van der Waals surface area contributed by atoms with Gasteiger partial charge in [0.25, 0.3) is 5.91 Å². The van der Waals surface area contributed by atoms with Crippen LogP contribution in [0.4, 0.5) is 4.79 Å².